The number of esters is 1. The number of ether oxygens (including phenoxy) is 1. The molecule has 0 unspecified atom stereocenters. The van der Waals surface area contributed by atoms with Crippen molar-refractivity contribution in [3.8, 4) is 6.07 Å². The quantitative estimate of drug-likeness (QED) is 0.466. The van der Waals surface area contributed by atoms with Crippen LogP contribution >= 0.6 is 0 Å². The maximum Gasteiger partial charge on any atom is 0.302 e. The Hall–Kier alpha value is -1.30. The van der Waals surface area contributed by atoms with Gasteiger partial charge in [-0.2, -0.15) is 5.26 Å². The van der Waals surface area contributed by atoms with Crippen molar-refractivity contribution in [1.29, 1.82) is 5.26 Å². The SMILES string of the molecule is CC(=O)O[C@@H]1CC[C@@]2(C)C(=CC[C@H]3[C@@H]4CC[C@H]([C@@H](C)C#N)[C@@]4(C)CC[C@@H]32)C1. The number of rotatable bonds is 2. The molecule has 4 aliphatic rings. The maximum atomic E-state index is 11.4. The van der Waals surface area contributed by atoms with Crippen molar-refractivity contribution < 1.29 is 9.53 Å². The predicted octanol–water partition coefficient (Wildman–Crippen LogP) is 5.66. The van der Waals surface area contributed by atoms with E-state index in [1.807, 2.05) is 0 Å². The minimum atomic E-state index is -0.144. The van der Waals surface area contributed by atoms with Crippen molar-refractivity contribution in [2.75, 3.05) is 0 Å². The molecule has 3 fully saturated rings. The molecule has 4 aliphatic carbocycles. The van der Waals surface area contributed by atoms with Gasteiger partial charge in [-0.3, -0.25) is 4.79 Å². The molecule has 0 aromatic rings. The van der Waals surface area contributed by atoms with Gasteiger partial charge in [0.25, 0.3) is 0 Å². The van der Waals surface area contributed by atoms with Crippen LogP contribution in [0, 0.1) is 51.8 Å². The molecule has 148 valence electrons. The second-order valence-electron chi connectivity index (χ2n) is 10.4. The number of allylic oxidation sites excluding steroid dienone is 1. The first-order valence-corrected chi connectivity index (χ1v) is 11.1. The van der Waals surface area contributed by atoms with E-state index in [0.717, 1.165) is 37.0 Å². The summed E-state index contributed by atoms with van der Waals surface area (Å²) in [4.78, 5) is 11.4. The molecule has 3 nitrogen and oxygen atoms in total. The van der Waals surface area contributed by atoms with Gasteiger partial charge < -0.3 is 4.74 Å². The lowest BCUT2D eigenvalue weighted by molar-refractivity contribution is -0.148. The fraction of sp³-hybridized carbons (Fsp3) is 0.833. The average molecular weight is 370 g/mol. The normalized spacial score (nSPS) is 46.9. The van der Waals surface area contributed by atoms with E-state index in [1.165, 1.54) is 39.0 Å². The van der Waals surface area contributed by atoms with Gasteiger partial charge in [0.05, 0.1) is 6.07 Å². The average Bonchev–Trinajstić information content (AvgIpc) is 2.98. The fourth-order valence-electron chi connectivity index (χ4n) is 7.91. The first-order valence-electron chi connectivity index (χ1n) is 11.1. The molecule has 0 aromatic carbocycles. The van der Waals surface area contributed by atoms with Crippen molar-refractivity contribution in [1.82, 2.24) is 0 Å². The summed E-state index contributed by atoms with van der Waals surface area (Å²) in [5.41, 5.74) is 2.21. The lowest BCUT2D eigenvalue weighted by Crippen LogP contribution is -2.51. The van der Waals surface area contributed by atoms with E-state index in [-0.39, 0.29) is 18.0 Å². The number of fused-ring (bicyclic) bond motifs is 5. The van der Waals surface area contributed by atoms with Gasteiger partial charge in [-0.15, -0.1) is 0 Å². The third-order valence-corrected chi connectivity index (χ3v) is 9.27. The van der Waals surface area contributed by atoms with Gasteiger partial charge in [-0.1, -0.05) is 25.5 Å². The van der Waals surface area contributed by atoms with Gasteiger partial charge in [-0.25, -0.2) is 0 Å². The van der Waals surface area contributed by atoms with E-state index in [1.54, 1.807) is 5.57 Å². The van der Waals surface area contributed by atoms with Crippen molar-refractivity contribution in [3.05, 3.63) is 11.6 Å². The molecule has 0 amide bonds. The lowest BCUT2D eigenvalue weighted by Gasteiger charge is -2.58. The monoisotopic (exact) mass is 369 g/mol. The summed E-state index contributed by atoms with van der Waals surface area (Å²) in [6.07, 6.45) is 12.0. The standard InChI is InChI=1S/C24H35NO2/c1-15(14-25)20-7-8-21-19-6-5-17-13-18(27-16(2)26)9-11-23(17,3)22(19)10-12-24(20,21)4/h5,15,18-22H,6-13H2,1-4H3/t15-,18+,19-,20+,21-,22-,23-,24+/m0/s1. The third kappa shape index (κ3) is 2.86. The molecule has 0 heterocycles. The minimum absolute atomic E-state index is 0.0829. The predicted molar refractivity (Wildman–Crippen MR) is 106 cm³/mol. The van der Waals surface area contributed by atoms with Gasteiger partial charge in [0, 0.05) is 19.3 Å². The van der Waals surface area contributed by atoms with E-state index in [4.69, 9.17) is 4.74 Å². The maximum absolute atomic E-state index is 11.4. The van der Waals surface area contributed by atoms with Gasteiger partial charge in [0.1, 0.15) is 6.10 Å². The highest BCUT2D eigenvalue weighted by atomic mass is 16.5. The van der Waals surface area contributed by atoms with E-state index >= 15 is 0 Å². The second-order valence-corrected chi connectivity index (χ2v) is 10.4. The minimum Gasteiger partial charge on any atom is -0.462 e. The number of carbonyl (C=O) groups excluding carboxylic acids is 1. The lowest BCUT2D eigenvalue weighted by atomic mass is 9.47. The van der Waals surface area contributed by atoms with Crippen LogP contribution in [0.1, 0.15) is 79.1 Å². The highest BCUT2D eigenvalue weighted by molar-refractivity contribution is 5.66. The Bertz CT molecular complexity index is 691. The Labute approximate surface area is 164 Å². The van der Waals surface area contributed by atoms with Gasteiger partial charge >= 0.3 is 5.97 Å². The highest BCUT2D eigenvalue weighted by Crippen LogP contribution is 2.67. The molecule has 0 aliphatic heterocycles. The van der Waals surface area contributed by atoms with Crippen molar-refractivity contribution in [2.45, 2.75) is 85.2 Å². The second kappa shape index (κ2) is 6.64. The number of carbonyl (C=O) groups is 1. The van der Waals surface area contributed by atoms with E-state index in [0.29, 0.717) is 16.7 Å². The van der Waals surface area contributed by atoms with Gasteiger partial charge in [0.15, 0.2) is 0 Å². The summed E-state index contributed by atoms with van der Waals surface area (Å²) in [7, 11) is 0. The van der Waals surface area contributed by atoms with Crippen molar-refractivity contribution in [2.24, 2.45) is 40.4 Å². The van der Waals surface area contributed by atoms with Crippen LogP contribution < -0.4 is 0 Å². The van der Waals surface area contributed by atoms with E-state index < -0.39 is 0 Å². The van der Waals surface area contributed by atoms with E-state index in [2.05, 4.69) is 32.9 Å². The van der Waals surface area contributed by atoms with Crippen LogP contribution in [0.4, 0.5) is 0 Å². The Kier molecular flexibility index (Phi) is 4.68. The summed E-state index contributed by atoms with van der Waals surface area (Å²) in [6.45, 7) is 8.66. The van der Waals surface area contributed by atoms with Crippen LogP contribution in [0.3, 0.4) is 0 Å². The Morgan fingerprint density at radius 3 is 2.70 bits per heavy atom. The summed E-state index contributed by atoms with van der Waals surface area (Å²) >= 11 is 0. The molecule has 3 heteroatoms. The molecule has 4 rings (SSSR count). The molecule has 3 saturated carbocycles. The molecule has 8 atom stereocenters. The topological polar surface area (TPSA) is 50.1 Å². The molecule has 0 bridgehead atoms. The number of hydrogen-bond donors (Lipinski definition) is 0. The van der Waals surface area contributed by atoms with Crippen LogP contribution in [0.2, 0.25) is 0 Å². The van der Waals surface area contributed by atoms with Crippen molar-refractivity contribution >= 4 is 5.97 Å². The molecular weight excluding hydrogens is 334 g/mol. The smallest absolute Gasteiger partial charge is 0.302 e. The number of nitriles is 1. The molecule has 27 heavy (non-hydrogen) atoms. The largest absolute Gasteiger partial charge is 0.462 e. The summed E-state index contributed by atoms with van der Waals surface area (Å²) in [5, 5.41) is 9.52. The Morgan fingerprint density at radius 2 is 2.00 bits per heavy atom. The molecule has 0 saturated heterocycles. The zero-order valence-electron chi connectivity index (χ0n) is 17.5. The Balaban J connectivity index is 1.58. The summed E-state index contributed by atoms with van der Waals surface area (Å²) < 4.78 is 5.55. The van der Waals surface area contributed by atoms with Crippen LogP contribution in [0.25, 0.3) is 0 Å². The van der Waals surface area contributed by atoms with E-state index in [9.17, 15) is 10.1 Å². The fourth-order valence-corrected chi connectivity index (χ4v) is 7.91. The Morgan fingerprint density at radius 1 is 1.22 bits per heavy atom. The zero-order valence-corrected chi connectivity index (χ0v) is 17.5. The molecule has 0 N–H and O–H groups in total. The highest BCUT2D eigenvalue weighted by Gasteiger charge is 2.59. The zero-order chi connectivity index (χ0) is 19.4. The number of hydrogen-bond acceptors (Lipinski definition) is 3. The van der Waals surface area contributed by atoms with Crippen LogP contribution in [-0.4, -0.2) is 12.1 Å². The number of nitrogens with zero attached hydrogens (tertiary/aromatic N) is 1. The molecule has 0 aromatic heterocycles. The molecular formula is C24H35NO2. The van der Waals surface area contributed by atoms with Gasteiger partial charge in [0.2, 0.25) is 0 Å². The van der Waals surface area contributed by atoms with Gasteiger partial charge in [-0.05, 0) is 86.4 Å². The molecule has 0 radical (unpaired) electrons. The first-order chi connectivity index (χ1) is 12.8. The first kappa shape index (κ1) is 19.0. The van der Waals surface area contributed by atoms with Crippen molar-refractivity contribution in [3.63, 3.8) is 0 Å². The third-order valence-electron chi connectivity index (χ3n) is 9.27. The summed E-state index contributed by atoms with van der Waals surface area (Å²) in [5.74, 6) is 2.93. The van der Waals surface area contributed by atoms with Crippen LogP contribution in [-0.2, 0) is 9.53 Å². The summed E-state index contributed by atoms with van der Waals surface area (Å²) in [6, 6.07) is 2.56. The van der Waals surface area contributed by atoms with Crippen LogP contribution in [0.15, 0.2) is 11.6 Å². The van der Waals surface area contributed by atoms with Crippen LogP contribution in [0.5, 0.6) is 0 Å². The molecule has 0 spiro atoms.